The lowest BCUT2D eigenvalue weighted by Gasteiger charge is -2.24. The molecule has 0 fully saturated rings. The van der Waals surface area contributed by atoms with Gasteiger partial charge in [-0.15, -0.1) is 0 Å². The van der Waals surface area contributed by atoms with Gasteiger partial charge in [0.25, 0.3) is 5.56 Å². The third-order valence-electron chi connectivity index (χ3n) is 6.25. The smallest absolute Gasteiger partial charge is 0.338 e. The Kier molecular flexibility index (Phi) is 7.03. The van der Waals surface area contributed by atoms with E-state index in [0.29, 0.717) is 43.4 Å². The number of fused-ring (bicyclic) bond motifs is 1. The van der Waals surface area contributed by atoms with E-state index in [-0.39, 0.29) is 23.3 Å². The van der Waals surface area contributed by atoms with E-state index in [0.717, 1.165) is 0 Å². The number of ether oxygens (including phenoxy) is 2. The van der Waals surface area contributed by atoms with Gasteiger partial charge in [-0.1, -0.05) is 41.7 Å². The molecule has 0 saturated heterocycles. The topological polar surface area (TPSA) is 120 Å². The highest BCUT2D eigenvalue weighted by Crippen LogP contribution is 2.32. The molecule has 0 unspecified atom stereocenters. The number of hydrogen-bond acceptors (Lipinski definition) is 8. The highest BCUT2D eigenvalue weighted by atomic mass is 32.1. The zero-order valence-electron chi connectivity index (χ0n) is 21.3. The van der Waals surface area contributed by atoms with E-state index in [2.05, 4.69) is 4.99 Å². The number of hydrogen-bond donors (Lipinski definition) is 1. The fraction of sp³-hybridized carbons (Fsp3) is 0.172. The summed E-state index contributed by atoms with van der Waals surface area (Å²) in [5.41, 5.74) is 1.58. The van der Waals surface area contributed by atoms with Crippen LogP contribution >= 0.6 is 11.3 Å². The van der Waals surface area contributed by atoms with E-state index < -0.39 is 18.0 Å². The quantitative estimate of drug-likeness (QED) is 0.352. The summed E-state index contributed by atoms with van der Waals surface area (Å²) in [5, 5.41) is 9.52. The number of rotatable bonds is 7. The lowest BCUT2D eigenvalue weighted by Crippen LogP contribution is -2.39. The first-order valence-electron chi connectivity index (χ1n) is 12.1. The van der Waals surface area contributed by atoms with Crippen molar-refractivity contribution in [2.45, 2.75) is 19.9 Å². The molecule has 3 heterocycles. The number of aromatic nitrogens is 1. The van der Waals surface area contributed by atoms with Crippen LogP contribution in [0.5, 0.6) is 5.75 Å². The molecule has 1 N–H and O–H groups in total. The number of benzene rings is 2. The SMILES string of the molecule is CCOC(=O)C1=C(C)N=c2sc(=Cc3ccc(-c4ccccc4C(=O)O)o3)c(=O)n2[C@H]1c1cccc(OC)c1. The van der Waals surface area contributed by atoms with E-state index in [9.17, 15) is 19.5 Å². The molecule has 1 atom stereocenters. The van der Waals surface area contributed by atoms with Crippen molar-refractivity contribution >= 4 is 29.4 Å². The minimum absolute atomic E-state index is 0.109. The van der Waals surface area contributed by atoms with Crippen LogP contribution in [0.3, 0.4) is 0 Å². The molecule has 0 spiro atoms. The lowest BCUT2D eigenvalue weighted by atomic mass is 9.95. The summed E-state index contributed by atoms with van der Waals surface area (Å²) in [5.74, 6) is -0.301. The van der Waals surface area contributed by atoms with Crippen LogP contribution in [0.4, 0.5) is 0 Å². The van der Waals surface area contributed by atoms with Crippen molar-refractivity contribution in [2.24, 2.45) is 4.99 Å². The molecule has 10 heteroatoms. The molecule has 1 aliphatic heterocycles. The summed E-state index contributed by atoms with van der Waals surface area (Å²) >= 11 is 1.17. The van der Waals surface area contributed by atoms with Crippen molar-refractivity contribution in [2.75, 3.05) is 13.7 Å². The standard InChI is InChI=1S/C29H24N2O7S/c1-4-37-28(35)24-16(2)30-29-31(25(24)17-8-7-9-18(14-17)36-3)26(32)23(39-29)15-19-12-13-22(38-19)20-10-5-6-11-21(20)27(33)34/h5-15,25H,4H2,1-3H3,(H,33,34)/t25-/m0/s1. The van der Waals surface area contributed by atoms with Gasteiger partial charge in [0.1, 0.15) is 17.3 Å². The van der Waals surface area contributed by atoms with E-state index in [1.54, 1.807) is 75.6 Å². The number of esters is 1. The molecule has 0 radical (unpaired) electrons. The third-order valence-corrected chi connectivity index (χ3v) is 7.23. The van der Waals surface area contributed by atoms with E-state index >= 15 is 0 Å². The van der Waals surface area contributed by atoms with Crippen LogP contribution in [0.2, 0.25) is 0 Å². The van der Waals surface area contributed by atoms with Gasteiger partial charge in [0.15, 0.2) is 4.80 Å². The Hall–Kier alpha value is -4.70. The number of thiazole rings is 1. The van der Waals surface area contributed by atoms with Gasteiger partial charge in [-0.05, 0) is 49.7 Å². The average Bonchev–Trinajstić information content (AvgIpc) is 3.52. The van der Waals surface area contributed by atoms with Gasteiger partial charge in [0.05, 0.1) is 41.1 Å². The number of nitrogens with zero attached hydrogens (tertiary/aromatic N) is 2. The number of furan rings is 1. The molecule has 5 rings (SSSR count). The number of allylic oxidation sites excluding steroid dienone is 1. The molecular weight excluding hydrogens is 520 g/mol. The Morgan fingerprint density at radius 2 is 1.95 bits per heavy atom. The number of carboxylic acid groups (broad SMARTS) is 1. The second kappa shape index (κ2) is 10.6. The number of methoxy groups -OCH3 is 1. The number of aromatic carboxylic acids is 1. The minimum Gasteiger partial charge on any atom is -0.497 e. The van der Waals surface area contributed by atoms with Crippen LogP contribution in [0.1, 0.15) is 41.6 Å². The lowest BCUT2D eigenvalue weighted by molar-refractivity contribution is -0.139. The Labute approximate surface area is 226 Å². The maximum absolute atomic E-state index is 13.8. The van der Waals surface area contributed by atoms with Gasteiger partial charge in [-0.3, -0.25) is 9.36 Å². The highest BCUT2D eigenvalue weighted by molar-refractivity contribution is 7.07. The van der Waals surface area contributed by atoms with Crippen molar-refractivity contribution in [1.82, 2.24) is 4.57 Å². The second-order valence-electron chi connectivity index (χ2n) is 8.63. The molecule has 39 heavy (non-hydrogen) atoms. The van der Waals surface area contributed by atoms with Crippen molar-refractivity contribution in [3.63, 3.8) is 0 Å². The first-order chi connectivity index (χ1) is 18.8. The Morgan fingerprint density at radius 3 is 2.69 bits per heavy atom. The second-order valence-corrected chi connectivity index (χ2v) is 9.64. The maximum Gasteiger partial charge on any atom is 0.338 e. The molecule has 0 aliphatic carbocycles. The zero-order valence-corrected chi connectivity index (χ0v) is 22.2. The normalized spacial score (nSPS) is 15.1. The molecule has 2 aromatic carbocycles. The maximum atomic E-state index is 13.8. The van der Waals surface area contributed by atoms with Crippen molar-refractivity contribution in [1.29, 1.82) is 0 Å². The van der Waals surface area contributed by atoms with Crippen LogP contribution in [-0.4, -0.2) is 35.3 Å². The fourth-order valence-corrected chi connectivity index (χ4v) is 5.53. The van der Waals surface area contributed by atoms with E-state index in [4.69, 9.17) is 13.9 Å². The molecular formula is C29H24N2O7S. The van der Waals surface area contributed by atoms with Gasteiger partial charge in [-0.25, -0.2) is 14.6 Å². The first-order valence-corrected chi connectivity index (χ1v) is 12.9. The van der Waals surface area contributed by atoms with Crippen LogP contribution in [0, 0.1) is 0 Å². The van der Waals surface area contributed by atoms with Gasteiger partial charge >= 0.3 is 11.9 Å². The predicted molar refractivity (Wildman–Crippen MR) is 144 cm³/mol. The van der Waals surface area contributed by atoms with Crippen LogP contribution in [-0.2, 0) is 9.53 Å². The Balaban J connectivity index is 1.65. The van der Waals surface area contributed by atoms with Crippen molar-refractivity contribution in [3.05, 3.63) is 109 Å². The Morgan fingerprint density at radius 1 is 1.15 bits per heavy atom. The van der Waals surface area contributed by atoms with Crippen molar-refractivity contribution < 1.29 is 28.6 Å². The molecule has 9 nitrogen and oxygen atoms in total. The number of carboxylic acids is 1. The van der Waals surface area contributed by atoms with Crippen LogP contribution in [0.15, 0.2) is 86.1 Å². The molecule has 2 aromatic heterocycles. The van der Waals surface area contributed by atoms with E-state index in [1.807, 2.05) is 6.07 Å². The molecule has 1 aliphatic rings. The fourth-order valence-electron chi connectivity index (χ4n) is 4.51. The molecule has 0 bridgehead atoms. The molecule has 198 valence electrons. The molecule has 4 aromatic rings. The minimum atomic E-state index is -1.07. The van der Waals surface area contributed by atoms with Crippen LogP contribution < -0.4 is 19.6 Å². The Bertz CT molecular complexity index is 1810. The number of carbonyl (C=O) groups is 2. The summed E-state index contributed by atoms with van der Waals surface area (Å²) in [7, 11) is 1.55. The third kappa shape index (κ3) is 4.82. The van der Waals surface area contributed by atoms with Gasteiger partial charge in [0, 0.05) is 11.6 Å². The number of carbonyl (C=O) groups excluding carboxylic acids is 1. The van der Waals surface area contributed by atoms with Crippen molar-refractivity contribution in [3.8, 4) is 17.1 Å². The summed E-state index contributed by atoms with van der Waals surface area (Å²) in [6.45, 7) is 3.61. The summed E-state index contributed by atoms with van der Waals surface area (Å²) in [6.07, 6.45) is 1.59. The zero-order chi connectivity index (χ0) is 27.7. The summed E-state index contributed by atoms with van der Waals surface area (Å²) < 4.78 is 18.4. The van der Waals surface area contributed by atoms with E-state index in [1.165, 1.54) is 22.0 Å². The van der Waals surface area contributed by atoms with Gasteiger partial charge in [0.2, 0.25) is 0 Å². The molecule has 0 saturated carbocycles. The monoisotopic (exact) mass is 544 g/mol. The first kappa shape index (κ1) is 25.9. The average molecular weight is 545 g/mol. The predicted octanol–water partition coefficient (Wildman–Crippen LogP) is 3.77. The summed E-state index contributed by atoms with van der Waals surface area (Å²) in [6, 6.07) is 16.3. The largest absolute Gasteiger partial charge is 0.497 e. The summed E-state index contributed by atoms with van der Waals surface area (Å²) in [4.78, 5) is 43.4. The highest BCUT2D eigenvalue weighted by Gasteiger charge is 2.33. The van der Waals surface area contributed by atoms with Gasteiger partial charge < -0.3 is 19.0 Å². The van der Waals surface area contributed by atoms with Gasteiger partial charge in [-0.2, -0.15) is 0 Å². The molecule has 0 amide bonds. The van der Waals surface area contributed by atoms with Crippen LogP contribution in [0.25, 0.3) is 17.4 Å².